The van der Waals surface area contributed by atoms with Crippen molar-refractivity contribution >= 4 is 27.0 Å². The number of carbonyl (C=O) groups excluding carboxylic acids is 1. The molecule has 142 valence electrons. The van der Waals surface area contributed by atoms with Gasteiger partial charge in [0, 0.05) is 39.5 Å². The van der Waals surface area contributed by atoms with E-state index in [-0.39, 0.29) is 10.8 Å². The highest BCUT2D eigenvalue weighted by molar-refractivity contribution is 7.89. The van der Waals surface area contributed by atoms with Gasteiger partial charge in [0.2, 0.25) is 15.9 Å². The molecule has 0 fully saturated rings. The maximum absolute atomic E-state index is 12.7. The number of nitrogens with zero attached hydrogens (tertiary/aromatic N) is 3. The molecule has 0 aliphatic carbocycles. The number of nitrogens with one attached hydrogen (secondary N) is 1. The zero-order valence-electron chi connectivity index (χ0n) is 15.5. The summed E-state index contributed by atoms with van der Waals surface area (Å²) in [4.78, 5) is 16.5. The number of fused-ring (bicyclic) bond motifs is 1. The monoisotopic (exact) mass is 378 g/mol. The van der Waals surface area contributed by atoms with Crippen LogP contribution in [0.4, 0.5) is 0 Å². The molecule has 8 heteroatoms. The lowest BCUT2D eigenvalue weighted by Gasteiger charge is -2.18. The first-order valence-electron chi connectivity index (χ1n) is 8.68. The van der Waals surface area contributed by atoms with Crippen molar-refractivity contribution in [3.63, 3.8) is 0 Å². The molecule has 1 heterocycles. The smallest absolute Gasteiger partial charge is 0.243 e. The number of imidazole rings is 1. The number of rotatable bonds is 9. The van der Waals surface area contributed by atoms with Crippen LogP contribution in [0.15, 0.2) is 35.7 Å². The molecule has 0 atom stereocenters. The molecule has 0 saturated carbocycles. The Bertz CT molecular complexity index is 899. The van der Waals surface area contributed by atoms with Gasteiger partial charge in [0.1, 0.15) is 5.82 Å². The summed E-state index contributed by atoms with van der Waals surface area (Å²) in [6.45, 7) is 8.47. The first kappa shape index (κ1) is 20.1. The Morgan fingerprint density at radius 3 is 2.65 bits per heavy atom. The highest BCUT2D eigenvalue weighted by atomic mass is 32.2. The number of amides is 1. The van der Waals surface area contributed by atoms with Crippen LogP contribution < -0.4 is 5.32 Å². The minimum absolute atomic E-state index is 0.0678. The molecule has 0 spiro atoms. The molecule has 1 amide bonds. The van der Waals surface area contributed by atoms with Crippen molar-refractivity contribution in [3.8, 4) is 0 Å². The first-order valence-corrected chi connectivity index (χ1v) is 10.1. The van der Waals surface area contributed by atoms with Gasteiger partial charge in [-0.3, -0.25) is 4.79 Å². The summed E-state index contributed by atoms with van der Waals surface area (Å²) in [5, 5.41) is 2.73. The van der Waals surface area contributed by atoms with Crippen LogP contribution in [0.5, 0.6) is 0 Å². The van der Waals surface area contributed by atoms with Crippen molar-refractivity contribution in [1.82, 2.24) is 19.2 Å². The number of hydrogen-bond donors (Lipinski definition) is 1. The Morgan fingerprint density at radius 1 is 1.35 bits per heavy atom. The van der Waals surface area contributed by atoms with E-state index in [9.17, 15) is 13.2 Å². The minimum atomic E-state index is -3.52. The largest absolute Gasteiger partial charge is 0.353 e. The van der Waals surface area contributed by atoms with E-state index in [0.717, 1.165) is 11.3 Å². The Balaban J connectivity index is 2.28. The van der Waals surface area contributed by atoms with Gasteiger partial charge in [0.25, 0.3) is 0 Å². The van der Waals surface area contributed by atoms with E-state index in [1.807, 2.05) is 25.5 Å². The summed E-state index contributed by atoms with van der Waals surface area (Å²) in [5.41, 5.74) is 1.45. The van der Waals surface area contributed by atoms with Crippen molar-refractivity contribution in [3.05, 3.63) is 36.7 Å². The zero-order chi connectivity index (χ0) is 19.3. The molecule has 0 aliphatic heterocycles. The van der Waals surface area contributed by atoms with E-state index in [4.69, 9.17) is 0 Å². The zero-order valence-corrected chi connectivity index (χ0v) is 16.3. The standard InChI is InChI=1S/C18H26N4O3S/c1-5-12-19-18(23)11-10-17-20-15-13-14(8-9-16(15)21(17)4)26(24,25)22(6-2)7-3/h5,8-9,13H,1,6-7,10-12H2,2-4H3,(H,19,23). The summed E-state index contributed by atoms with van der Waals surface area (Å²) >= 11 is 0. The van der Waals surface area contributed by atoms with E-state index in [2.05, 4.69) is 16.9 Å². The fourth-order valence-electron chi connectivity index (χ4n) is 2.83. The second kappa shape index (κ2) is 8.46. The van der Waals surface area contributed by atoms with Gasteiger partial charge in [-0.25, -0.2) is 13.4 Å². The third-order valence-corrected chi connectivity index (χ3v) is 6.35. The molecule has 2 aromatic rings. The van der Waals surface area contributed by atoms with Crippen molar-refractivity contribution < 1.29 is 13.2 Å². The lowest BCUT2D eigenvalue weighted by atomic mass is 10.3. The van der Waals surface area contributed by atoms with Crippen molar-refractivity contribution in [2.75, 3.05) is 19.6 Å². The second-order valence-electron chi connectivity index (χ2n) is 5.92. The molecular weight excluding hydrogens is 352 g/mol. The molecule has 1 aromatic heterocycles. The minimum Gasteiger partial charge on any atom is -0.353 e. The van der Waals surface area contributed by atoms with E-state index in [0.29, 0.717) is 38.0 Å². The quantitative estimate of drug-likeness (QED) is 0.675. The summed E-state index contributed by atoms with van der Waals surface area (Å²) in [7, 11) is -1.66. The predicted molar refractivity (Wildman–Crippen MR) is 102 cm³/mol. The molecule has 0 unspecified atom stereocenters. The summed E-state index contributed by atoms with van der Waals surface area (Å²) in [5.74, 6) is 0.674. The SMILES string of the molecule is C=CCNC(=O)CCc1nc2cc(S(=O)(=O)N(CC)CC)ccc2n1C. The van der Waals surface area contributed by atoms with Crippen LogP contribution >= 0.6 is 0 Å². The van der Waals surface area contributed by atoms with Crippen LogP contribution in [-0.2, 0) is 28.3 Å². The molecule has 0 radical (unpaired) electrons. The molecule has 0 bridgehead atoms. The van der Waals surface area contributed by atoms with Crippen molar-refractivity contribution in [2.45, 2.75) is 31.6 Å². The highest BCUT2D eigenvalue weighted by Crippen LogP contribution is 2.22. The number of aryl methyl sites for hydroxylation is 2. The second-order valence-corrected chi connectivity index (χ2v) is 7.86. The highest BCUT2D eigenvalue weighted by Gasteiger charge is 2.22. The van der Waals surface area contributed by atoms with Gasteiger partial charge in [0.15, 0.2) is 0 Å². The summed E-state index contributed by atoms with van der Waals surface area (Å²) in [6, 6.07) is 4.97. The maximum atomic E-state index is 12.7. The van der Waals surface area contributed by atoms with E-state index < -0.39 is 10.0 Å². The van der Waals surface area contributed by atoms with Crippen LogP contribution in [0.1, 0.15) is 26.1 Å². The molecular formula is C18H26N4O3S. The number of carbonyl (C=O) groups is 1. The van der Waals surface area contributed by atoms with E-state index >= 15 is 0 Å². The van der Waals surface area contributed by atoms with Crippen LogP contribution in [-0.4, -0.2) is 47.8 Å². The number of hydrogen-bond acceptors (Lipinski definition) is 4. The van der Waals surface area contributed by atoms with Gasteiger partial charge in [0.05, 0.1) is 15.9 Å². The lowest BCUT2D eigenvalue weighted by molar-refractivity contribution is -0.120. The van der Waals surface area contributed by atoms with E-state index in [1.54, 1.807) is 24.3 Å². The van der Waals surface area contributed by atoms with Crippen LogP contribution in [0.3, 0.4) is 0 Å². The fourth-order valence-corrected chi connectivity index (χ4v) is 4.30. The number of benzene rings is 1. The summed E-state index contributed by atoms with van der Waals surface area (Å²) < 4.78 is 28.7. The Hall–Kier alpha value is -2.19. The molecule has 0 saturated heterocycles. The average Bonchev–Trinajstić information content (AvgIpc) is 2.94. The van der Waals surface area contributed by atoms with Gasteiger partial charge < -0.3 is 9.88 Å². The predicted octanol–water partition coefficient (Wildman–Crippen LogP) is 1.84. The fraction of sp³-hybridized carbons (Fsp3) is 0.444. The Labute approximate surface area is 154 Å². The third kappa shape index (κ3) is 4.13. The Kier molecular flexibility index (Phi) is 6.55. The van der Waals surface area contributed by atoms with Crippen molar-refractivity contribution in [1.29, 1.82) is 0 Å². The normalized spacial score (nSPS) is 11.8. The van der Waals surface area contributed by atoms with Gasteiger partial charge in [-0.15, -0.1) is 6.58 Å². The molecule has 1 N–H and O–H groups in total. The van der Waals surface area contributed by atoms with Gasteiger partial charge >= 0.3 is 0 Å². The molecule has 26 heavy (non-hydrogen) atoms. The number of sulfonamides is 1. The average molecular weight is 378 g/mol. The van der Waals surface area contributed by atoms with Gasteiger partial charge in [-0.05, 0) is 18.2 Å². The number of aromatic nitrogens is 2. The third-order valence-electron chi connectivity index (χ3n) is 4.31. The van der Waals surface area contributed by atoms with Crippen LogP contribution in [0, 0.1) is 0 Å². The van der Waals surface area contributed by atoms with Crippen molar-refractivity contribution in [2.24, 2.45) is 7.05 Å². The van der Waals surface area contributed by atoms with E-state index in [1.165, 1.54) is 4.31 Å². The summed E-state index contributed by atoms with van der Waals surface area (Å²) in [6.07, 6.45) is 2.42. The molecule has 0 aliphatic rings. The molecule has 2 rings (SSSR count). The molecule has 7 nitrogen and oxygen atoms in total. The van der Waals surface area contributed by atoms with Gasteiger partial charge in [-0.1, -0.05) is 19.9 Å². The maximum Gasteiger partial charge on any atom is 0.243 e. The first-order chi connectivity index (χ1) is 12.3. The Morgan fingerprint density at radius 2 is 2.04 bits per heavy atom. The lowest BCUT2D eigenvalue weighted by Crippen LogP contribution is -2.30. The topological polar surface area (TPSA) is 84.3 Å². The van der Waals surface area contributed by atoms with Crippen LogP contribution in [0.25, 0.3) is 11.0 Å². The van der Waals surface area contributed by atoms with Gasteiger partial charge in [-0.2, -0.15) is 4.31 Å². The van der Waals surface area contributed by atoms with Crippen LogP contribution in [0.2, 0.25) is 0 Å². The molecule has 1 aromatic carbocycles.